The number of nitrogens with zero attached hydrogens (tertiary/aromatic N) is 1. The summed E-state index contributed by atoms with van der Waals surface area (Å²) < 4.78 is 10.2. The van der Waals surface area contributed by atoms with E-state index in [4.69, 9.17) is 21.1 Å². The predicted molar refractivity (Wildman–Crippen MR) is 100 cm³/mol. The molecule has 0 bridgehead atoms. The lowest BCUT2D eigenvalue weighted by Crippen LogP contribution is -2.36. The lowest BCUT2D eigenvalue weighted by Gasteiger charge is -2.30. The molecule has 0 aromatic heterocycles. The molecule has 0 radical (unpaired) electrons. The number of anilines is 2. The number of carbonyl (C=O) groups excluding carboxylic acids is 2. The smallest absolute Gasteiger partial charge is 0.337 e. The van der Waals surface area contributed by atoms with E-state index in [1.165, 1.54) is 7.11 Å². The molecule has 2 aromatic carbocycles. The number of methoxy groups -OCH3 is 1. The third-order valence-corrected chi connectivity index (χ3v) is 4.38. The van der Waals surface area contributed by atoms with Gasteiger partial charge in [-0.05, 0) is 42.5 Å². The van der Waals surface area contributed by atoms with Crippen molar-refractivity contribution in [3.8, 4) is 0 Å². The van der Waals surface area contributed by atoms with E-state index in [1.807, 2.05) is 6.07 Å². The first-order valence-electron chi connectivity index (χ1n) is 8.20. The number of halogens is 1. The summed E-state index contributed by atoms with van der Waals surface area (Å²) in [6.07, 6.45) is 0. The lowest BCUT2D eigenvalue weighted by atomic mass is 10.1. The standard InChI is InChI=1S/C19H19ClN2O4/c1-25-19(24)14-4-7-17(22-8-10-26-11-9-22)16(12-14)21-18(23)13-2-5-15(20)6-3-13/h2-7,12H,8-11H2,1H3,(H,21,23). The molecule has 1 fully saturated rings. The van der Waals surface area contributed by atoms with Gasteiger partial charge in [-0.3, -0.25) is 4.79 Å². The van der Waals surface area contributed by atoms with E-state index >= 15 is 0 Å². The number of amides is 1. The molecule has 1 heterocycles. The first-order chi connectivity index (χ1) is 12.6. The monoisotopic (exact) mass is 374 g/mol. The van der Waals surface area contributed by atoms with Crippen LogP contribution in [-0.2, 0) is 9.47 Å². The third-order valence-electron chi connectivity index (χ3n) is 4.12. The van der Waals surface area contributed by atoms with Crippen LogP contribution in [0.4, 0.5) is 11.4 Å². The highest BCUT2D eigenvalue weighted by Crippen LogP contribution is 2.29. The van der Waals surface area contributed by atoms with Gasteiger partial charge >= 0.3 is 5.97 Å². The Morgan fingerprint density at radius 2 is 1.73 bits per heavy atom. The second-order valence-corrected chi connectivity index (χ2v) is 6.22. The Kier molecular flexibility index (Phi) is 5.75. The van der Waals surface area contributed by atoms with Crippen molar-refractivity contribution in [3.05, 3.63) is 58.6 Å². The van der Waals surface area contributed by atoms with Crippen LogP contribution in [0, 0.1) is 0 Å². The van der Waals surface area contributed by atoms with Gasteiger partial charge in [0.2, 0.25) is 0 Å². The number of rotatable bonds is 4. The number of ether oxygens (including phenoxy) is 2. The summed E-state index contributed by atoms with van der Waals surface area (Å²) in [4.78, 5) is 26.6. The maximum absolute atomic E-state index is 12.6. The Bertz CT molecular complexity index is 802. The highest BCUT2D eigenvalue weighted by atomic mass is 35.5. The molecule has 0 unspecified atom stereocenters. The van der Waals surface area contributed by atoms with Crippen molar-refractivity contribution in [3.63, 3.8) is 0 Å². The van der Waals surface area contributed by atoms with Crippen LogP contribution in [0.1, 0.15) is 20.7 Å². The Balaban J connectivity index is 1.91. The van der Waals surface area contributed by atoms with Crippen molar-refractivity contribution in [1.29, 1.82) is 0 Å². The van der Waals surface area contributed by atoms with Crippen LogP contribution in [-0.4, -0.2) is 45.3 Å². The van der Waals surface area contributed by atoms with Gasteiger partial charge in [-0.15, -0.1) is 0 Å². The summed E-state index contributed by atoms with van der Waals surface area (Å²) in [5.74, 6) is -0.737. The van der Waals surface area contributed by atoms with E-state index in [2.05, 4.69) is 10.2 Å². The van der Waals surface area contributed by atoms with Gasteiger partial charge in [-0.1, -0.05) is 11.6 Å². The first-order valence-corrected chi connectivity index (χ1v) is 8.58. The minimum absolute atomic E-state index is 0.279. The molecule has 0 spiro atoms. The average molecular weight is 375 g/mol. The molecule has 26 heavy (non-hydrogen) atoms. The van der Waals surface area contributed by atoms with Gasteiger partial charge in [0.1, 0.15) is 0 Å². The van der Waals surface area contributed by atoms with E-state index in [0.29, 0.717) is 48.1 Å². The van der Waals surface area contributed by atoms with Crippen LogP contribution in [0.3, 0.4) is 0 Å². The molecule has 6 nitrogen and oxygen atoms in total. The Morgan fingerprint density at radius 1 is 1.08 bits per heavy atom. The first kappa shape index (κ1) is 18.2. The highest BCUT2D eigenvalue weighted by Gasteiger charge is 2.19. The highest BCUT2D eigenvalue weighted by molar-refractivity contribution is 6.30. The number of carbonyl (C=O) groups is 2. The fraction of sp³-hybridized carbons (Fsp3) is 0.263. The summed E-state index contributed by atoms with van der Waals surface area (Å²) in [5.41, 5.74) is 2.24. The summed E-state index contributed by atoms with van der Waals surface area (Å²) >= 11 is 5.87. The van der Waals surface area contributed by atoms with Crippen LogP contribution in [0.25, 0.3) is 0 Å². The summed E-state index contributed by atoms with van der Waals surface area (Å²) in [6, 6.07) is 11.7. The zero-order chi connectivity index (χ0) is 18.5. The van der Waals surface area contributed by atoms with Crippen molar-refractivity contribution in [1.82, 2.24) is 0 Å². The van der Waals surface area contributed by atoms with Crippen LogP contribution in [0.15, 0.2) is 42.5 Å². The normalized spacial score (nSPS) is 14.0. The molecule has 1 N–H and O–H groups in total. The van der Waals surface area contributed by atoms with E-state index in [0.717, 1.165) is 5.69 Å². The lowest BCUT2D eigenvalue weighted by molar-refractivity contribution is 0.0600. The fourth-order valence-electron chi connectivity index (χ4n) is 2.76. The molecule has 1 amide bonds. The third kappa shape index (κ3) is 4.15. The van der Waals surface area contributed by atoms with Crippen LogP contribution in [0.5, 0.6) is 0 Å². The number of benzene rings is 2. The summed E-state index contributed by atoms with van der Waals surface area (Å²) in [6.45, 7) is 2.65. The van der Waals surface area contributed by atoms with Gasteiger partial charge in [0.05, 0.1) is 37.3 Å². The molecule has 0 saturated carbocycles. The Hall–Kier alpha value is -2.57. The van der Waals surface area contributed by atoms with Gasteiger partial charge in [-0.25, -0.2) is 4.79 Å². The van der Waals surface area contributed by atoms with Crippen molar-refractivity contribution in [2.75, 3.05) is 43.6 Å². The number of esters is 1. The van der Waals surface area contributed by atoms with Gasteiger partial charge in [-0.2, -0.15) is 0 Å². The molecule has 2 aromatic rings. The maximum atomic E-state index is 12.6. The molecule has 0 aliphatic carbocycles. The van der Waals surface area contributed by atoms with Crippen LogP contribution < -0.4 is 10.2 Å². The van der Waals surface area contributed by atoms with Gasteiger partial charge < -0.3 is 19.7 Å². The van der Waals surface area contributed by atoms with Gasteiger partial charge in [0.15, 0.2) is 0 Å². The molecule has 1 saturated heterocycles. The molecule has 1 aliphatic rings. The van der Waals surface area contributed by atoms with Crippen molar-refractivity contribution in [2.45, 2.75) is 0 Å². The number of hydrogen-bond acceptors (Lipinski definition) is 5. The van der Waals surface area contributed by atoms with Crippen LogP contribution >= 0.6 is 11.6 Å². The summed E-state index contributed by atoms with van der Waals surface area (Å²) in [5, 5.41) is 3.45. The minimum Gasteiger partial charge on any atom is -0.465 e. The second-order valence-electron chi connectivity index (χ2n) is 5.78. The van der Waals surface area contributed by atoms with Gasteiger partial charge in [0, 0.05) is 23.7 Å². The predicted octanol–water partition coefficient (Wildman–Crippen LogP) is 3.22. The molecule has 0 atom stereocenters. The Labute approximate surface area is 156 Å². The molecular formula is C19H19ClN2O4. The fourth-order valence-corrected chi connectivity index (χ4v) is 2.88. The SMILES string of the molecule is COC(=O)c1ccc(N2CCOCC2)c(NC(=O)c2ccc(Cl)cc2)c1. The average Bonchev–Trinajstić information content (AvgIpc) is 2.68. The summed E-state index contributed by atoms with van der Waals surface area (Å²) in [7, 11) is 1.32. The molecular weight excluding hydrogens is 356 g/mol. The van der Waals surface area contributed by atoms with Crippen molar-refractivity contribution < 1.29 is 19.1 Å². The Morgan fingerprint density at radius 3 is 2.38 bits per heavy atom. The van der Waals surface area contributed by atoms with Crippen LogP contribution in [0.2, 0.25) is 5.02 Å². The van der Waals surface area contributed by atoms with E-state index in [1.54, 1.807) is 36.4 Å². The van der Waals surface area contributed by atoms with Gasteiger partial charge in [0.25, 0.3) is 5.91 Å². The zero-order valence-electron chi connectivity index (χ0n) is 14.3. The molecule has 1 aliphatic heterocycles. The topological polar surface area (TPSA) is 67.9 Å². The van der Waals surface area contributed by atoms with E-state index in [9.17, 15) is 9.59 Å². The molecule has 7 heteroatoms. The second kappa shape index (κ2) is 8.21. The minimum atomic E-state index is -0.458. The van der Waals surface area contributed by atoms with E-state index in [-0.39, 0.29) is 5.91 Å². The molecule has 3 rings (SSSR count). The number of nitrogens with one attached hydrogen (secondary N) is 1. The number of hydrogen-bond donors (Lipinski definition) is 1. The maximum Gasteiger partial charge on any atom is 0.337 e. The quantitative estimate of drug-likeness (QED) is 0.832. The van der Waals surface area contributed by atoms with E-state index < -0.39 is 5.97 Å². The zero-order valence-corrected chi connectivity index (χ0v) is 15.1. The largest absolute Gasteiger partial charge is 0.465 e. The van der Waals surface area contributed by atoms with Crippen molar-refractivity contribution in [2.24, 2.45) is 0 Å². The van der Waals surface area contributed by atoms with Crippen molar-refractivity contribution >= 4 is 34.9 Å². The molecule has 136 valence electrons. The number of morpholine rings is 1.